The summed E-state index contributed by atoms with van der Waals surface area (Å²) < 4.78 is 5.89. The van der Waals surface area contributed by atoms with E-state index in [2.05, 4.69) is 4.98 Å². The number of carbonyl (C=O) groups is 1. The second kappa shape index (κ2) is 7.31. The number of nitrogen functional groups attached to an aromatic ring is 2. The Bertz CT molecular complexity index is 811. The summed E-state index contributed by atoms with van der Waals surface area (Å²) in [6.07, 6.45) is 0.0431. The van der Waals surface area contributed by atoms with Gasteiger partial charge in [0.25, 0.3) is 5.22 Å². The zero-order chi connectivity index (χ0) is 17.8. The highest BCUT2D eigenvalue weighted by Gasteiger charge is 2.17. The quantitative estimate of drug-likeness (QED) is 0.455. The second-order valence-electron chi connectivity index (χ2n) is 5.39. The van der Waals surface area contributed by atoms with Gasteiger partial charge in [-0.3, -0.25) is 4.79 Å². The van der Waals surface area contributed by atoms with Crippen LogP contribution in [-0.2, 0) is 4.79 Å². The van der Waals surface area contributed by atoms with E-state index in [0.717, 1.165) is 11.1 Å². The molecule has 7 heteroatoms. The summed E-state index contributed by atoms with van der Waals surface area (Å²) in [7, 11) is 0. The molecule has 0 spiro atoms. The van der Waals surface area contributed by atoms with Crippen LogP contribution in [0.5, 0.6) is 0 Å². The molecule has 128 valence electrons. The average molecular weight is 355 g/mol. The minimum atomic E-state index is -0.850. The van der Waals surface area contributed by atoms with Gasteiger partial charge in [-0.05, 0) is 36.4 Å². The van der Waals surface area contributed by atoms with Crippen LogP contribution in [0.3, 0.4) is 0 Å². The number of carboxylic acids is 1. The van der Waals surface area contributed by atoms with E-state index in [-0.39, 0.29) is 6.42 Å². The Hall–Kier alpha value is -2.93. The van der Waals surface area contributed by atoms with E-state index in [9.17, 15) is 4.79 Å². The third-order valence-electron chi connectivity index (χ3n) is 3.51. The smallest absolute Gasteiger partial charge is 0.304 e. The lowest BCUT2D eigenvalue weighted by Gasteiger charge is -2.02. The number of aliphatic carboxylic acids is 1. The lowest BCUT2D eigenvalue weighted by Crippen LogP contribution is -1.95. The molecule has 1 aromatic heterocycles. The van der Waals surface area contributed by atoms with E-state index >= 15 is 0 Å². The molecule has 1 heterocycles. The van der Waals surface area contributed by atoms with Crippen molar-refractivity contribution in [2.45, 2.75) is 11.6 Å². The van der Waals surface area contributed by atoms with Crippen LogP contribution in [-0.4, -0.2) is 21.8 Å². The maximum Gasteiger partial charge on any atom is 0.304 e. The molecule has 0 atom stereocenters. The number of nitrogens with two attached hydrogens (primary N) is 2. The van der Waals surface area contributed by atoms with E-state index in [1.165, 1.54) is 11.8 Å². The number of rotatable bonds is 6. The Morgan fingerprint density at radius 3 is 2.12 bits per heavy atom. The van der Waals surface area contributed by atoms with Crippen LogP contribution in [0.2, 0.25) is 0 Å². The maximum atomic E-state index is 10.7. The average Bonchev–Trinajstić information content (AvgIpc) is 3.00. The van der Waals surface area contributed by atoms with Crippen molar-refractivity contribution < 1.29 is 14.3 Å². The fourth-order valence-electron chi connectivity index (χ4n) is 2.25. The summed E-state index contributed by atoms with van der Waals surface area (Å²) in [5.74, 6) is 0.150. The largest absolute Gasteiger partial charge is 0.481 e. The van der Waals surface area contributed by atoms with E-state index in [1.807, 2.05) is 24.3 Å². The highest BCUT2D eigenvalue weighted by atomic mass is 32.2. The minimum Gasteiger partial charge on any atom is -0.481 e. The minimum absolute atomic E-state index is 0.0431. The summed E-state index contributed by atoms with van der Waals surface area (Å²) in [6.45, 7) is 0. The number of hydrogen-bond donors (Lipinski definition) is 3. The number of oxazole rings is 1. The number of hydrogen-bond acceptors (Lipinski definition) is 6. The first kappa shape index (κ1) is 16.9. The Morgan fingerprint density at radius 2 is 1.56 bits per heavy atom. The van der Waals surface area contributed by atoms with Gasteiger partial charge in [0.2, 0.25) is 0 Å². The monoisotopic (exact) mass is 355 g/mol. The van der Waals surface area contributed by atoms with Crippen LogP contribution in [0.1, 0.15) is 6.42 Å². The summed E-state index contributed by atoms with van der Waals surface area (Å²) >= 11 is 1.27. The molecule has 6 nitrogen and oxygen atoms in total. The summed E-state index contributed by atoms with van der Waals surface area (Å²) in [6, 6.07) is 14.7. The predicted octanol–water partition coefficient (Wildman–Crippen LogP) is 3.74. The van der Waals surface area contributed by atoms with Crippen LogP contribution >= 0.6 is 11.8 Å². The Labute approximate surface area is 148 Å². The van der Waals surface area contributed by atoms with E-state index in [4.69, 9.17) is 21.0 Å². The molecule has 0 radical (unpaired) electrons. The molecule has 3 aromatic rings. The number of aromatic nitrogens is 1. The Morgan fingerprint density at radius 1 is 1.00 bits per heavy atom. The number of benzene rings is 2. The molecule has 0 fully saturated rings. The number of nitrogens with zero attached hydrogens (tertiary/aromatic N) is 1. The molecule has 3 rings (SSSR count). The molecule has 0 aliphatic heterocycles. The molecule has 0 bridgehead atoms. The molecule has 5 N–H and O–H groups in total. The Kier molecular flexibility index (Phi) is 4.95. The van der Waals surface area contributed by atoms with Gasteiger partial charge >= 0.3 is 5.97 Å². The highest BCUT2D eigenvalue weighted by Crippen LogP contribution is 2.36. The molecule has 0 aliphatic rings. The van der Waals surface area contributed by atoms with Crippen LogP contribution in [0.25, 0.3) is 22.6 Å². The van der Waals surface area contributed by atoms with Crippen LogP contribution in [0.15, 0.2) is 58.2 Å². The normalized spacial score (nSPS) is 10.7. The predicted molar refractivity (Wildman–Crippen MR) is 99.2 cm³/mol. The third-order valence-corrected chi connectivity index (χ3v) is 4.34. The van der Waals surface area contributed by atoms with Crippen molar-refractivity contribution in [3.05, 3.63) is 48.5 Å². The topological polar surface area (TPSA) is 115 Å². The zero-order valence-corrected chi connectivity index (χ0v) is 14.1. The first-order chi connectivity index (χ1) is 12.0. The summed E-state index contributed by atoms with van der Waals surface area (Å²) in [5.41, 5.74) is 15.2. The molecular formula is C18H17N3O3S. The first-order valence-corrected chi connectivity index (χ1v) is 8.59. The second-order valence-corrected chi connectivity index (χ2v) is 6.44. The molecule has 2 aromatic carbocycles. The van der Waals surface area contributed by atoms with Crippen molar-refractivity contribution in [2.24, 2.45) is 0 Å². The van der Waals surface area contributed by atoms with Gasteiger partial charge in [-0.1, -0.05) is 23.9 Å². The molecule has 25 heavy (non-hydrogen) atoms. The third kappa shape index (κ3) is 4.13. The van der Waals surface area contributed by atoms with Crippen molar-refractivity contribution in [3.8, 4) is 22.6 Å². The lowest BCUT2D eigenvalue weighted by atomic mass is 10.1. The van der Waals surface area contributed by atoms with Crippen molar-refractivity contribution in [3.63, 3.8) is 0 Å². The molecule has 0 saturated carbocycles. The number of thioether (sulfide) groups is 1. The van der Waals surface area contributed by atoms with Gasteiger partial charge < -0.3 is 21.0 Å². The molecule has 0 aliphatic carbocycles. The van der Waals surface area contributed by atoms with E-state index in [1.54, 1.807) is 24.3 Å². The van der Waals surface area contributed by atoms with Crippen molar-refractivity contribution >= 4 is 29.1 Å². The van der Waals surface area contributed by atoms with Gasteiger partial charge in [-0.2, -0.15) is 0 Å². The van der Waals surface area contributed by atoms with Crippen LogP contribution in [0.4, 0.5) is 11.4 Å². The standard InChI is InChI=1S/C18H17N3O3S/c19-13-5-1-11(2-6-13)16-17(12-3-7-14(20)8-4-12)24-18(21-16)25-10-9-15(22)23/h1-8H,9-10,19-20H2,(H,22,23). The molecular weight excluding hydrogens is 338 g/mol. The highest BCUT2D eigenvalue weighted by molar-refractivity contribution is 7.99. The van der Waals surface area contributed by atoms with Crippen molar-refractivity contribution in [1.29, 1.82) is 0 Å². The van der Waals surface area contributed by atoms with Crippen molar-refractivity contribution in [1.82, 2.24) is 4.98 Å². The molecule has 0 unspecified atom stereocenters. The maximum absolute atomic E-state index is 10.7. The van der Waals surface area contributed by atoms with Gasteiger partial charge in [-0.25, -0.2) is 4.98 Å². The van der Waals surface area contributed by atoms with Gasteiger partial charge in [0, 0.05) is 28.3 Å². The van der Waals surface area contributed by atoms with Gasteiger partial charge in [0.15, 0.2) is 5.76 Å². The van der Waals surface area contributed by atoms with E-state index < -0.39 is 5.97 Å². The van der Waals surface area contributed by atoms with Crippen LogP contribution in [0, 0.1) is 0 Å². The summed E-state index contributed by atoms with van der Waals surface area (Å²) in [5, 5.41) is 9.20. The van der Waals surface area contributed by atoms with Crippen molar-refractivity contribution in [2.75, 3.05) is 17.2 Å². The number of anilines is 2. The van der Waals surface area contributed by atoms with Gasteiger partial charge in [0.1, 0.15) is 5.69 Å². The van der Waals surface area contributed by atoms with Crippen LogP contribution < -0.4 is 11.5 Å². The Balaban J connectivity index is 1.98. The first-order valence-electron chi connectivity index (χ1n) is 7.60. The van der Waals surface area contributed by atoms with Gasteiger partial charge in [0.05, 0.1) is 6.42 Å². The molecule has 0 amide bonds. The summed E-state index contributed by atoms with van der Waals surface area (Å²) in [4.78, 5) is 15.2. The zero-order valence-electron chi connectivity index (χ0n) is 13.3. The lowest BCUT2D eigenvalue weighted by molar-refractivity contribution is -0.136. The molecule has 0 saturated heterocycles. The van der Waals surface area contributed by atoms with E-state index in [0.29, 0.717) is 33.8 Å². The fraction of sp³-hybridized carbons (Fsp3) is 0.111. The SMILES string of the molecule is Nc1ccc(-c2nc(SCCC(=O)O)oc2-c2ccc(N)cc2)cc1. The van der Waals surface area contributed by atoms with Gasteiger partial charge in [-0.15, -0.1) is 0 Å². The fourth-order valence-corrected chi connectivity index (χ4v) is 3.00. The number of carboxylic acid groups (broad SMARTS) is 1.